The molecule has 0 unspecified atom stereocenters. The van der Waals surface area contributed by atoms with Crippen molar-refractivity contribution in [3.8, 4) is 5.75 Å². The lowest BCUT2D eigenvalue weighted by Gasteiger charge is -2.09. The summed E-state index contributed by atoms with van der Waals surface area (Å²) in [5, 5.41) is 3.82. The first kappa shape index (κ1) is 17.3. The standard InChI is InChI=1S/C17H28ClNO/c1-3-4-5-6-7-8-9-12-20-17-11-10-15(14-19-2)13-16(17)18/h10-11,13,19H,3-9,12,14H2,1-2H3. The van der Waals surface area contributed by atoms with Crippen molar-refractivity contribution < 1.29 is 4.74 Å². The highest BCUT2D eigenvalue weighted by molar-refractivity contribution is 6.32. The molecule has 1 N–H and O–H groups in total. The van der Waals surface area contributed by atoms with Crippen molar-refractivity contribution in [3.63, 3.8) is 0 Å². The molecule has 114 valence electrons. The maximum absolute atomic E-state index is 6.21. The fourth-order valence-electron chi connectivity index (χ4n) is 2.22. The molecule has 20 heavy (non-hydrogen) atoms. The molecule has 3 heteroatoms. The van der Waals surface area contributed by atoms with Gasteiger partial charge in [0.05, 0.1) is 11.6 Å². The lowest BCUT2D eigenvalue weighted by molar-refractivity contribution is 0.304. The first-order valence-electron chi connectivity index (χ1n) is 7.83. The summed E-state index contributed by atoms with van der Waals surface area (Å²) in [6.07, 6.45) is 9.08. The summed E-state index contributed by atoms with van der Waals surface area (Å²) in [7, 11) is 1.93. The minimum Gasteiger partial charge on any atom is -0.492 e. The van der Waals surface area contributed by atoms with Crippen LogP contribution in [-0.4, -0.2) is 13.7 Å². The lowest BCUT2D eigenvalue weighted by Crippen LogP contribution is -2.05. The molecule has 2 nitrogen and oxygen atoms in total. The van der Waals surface area contributed by atoms with E-state index in [4.69, 9.17) is 16.3 Å². The van der Waals surface area contributed by atoms with Crippen molar-refractivity contribution >= 4 is 11.6 Å². The first-order chi connectivity index (χ1) is 9.77. The molecular weight excluding hydrogens is 270 g/mol. The zero-order chi connectivity index (χ0) is 14.6. The molecule has 0 amide bonds. The SMILES string of the molecule is CCCCCCCCCOc1ccc(CNC)cc1Cl. The van der Waals surface area contributed by atoms with E-state index in [1.165, 1.54) is 44.1 Å². The minimum atomic E-state index is 0.709. The third-order valence-electron chi connectivity index (χ3n) is 3.38. The van der Waals surface area contributed by atoms with E-state index in [1.54, 1.807) is 0 Å². The third kappa shape index (κ3) is 7.16. The number of ether oxygens (including phenoxy) is 1. The summed E-state index contributed by atoms with van der Waals surface area (Å²) in [5.41, 5.74) is 1.18. The maximum Gasteiger partial charge on any atom is 0.137 e. The smallest absolute Gasteiger partial charge is 0.137 e. The Balaban J connectivity index is 2.15. The molecule has 0 spiro atoms. The van der Waals surface area contributed by atoms with Gasteiger partial charge in [-0.2, -0.15) is 0 Å². The largest absolute Gasteiger partial charge is 0.492 e. The van der Waals surface area contributed by atoms with E-state index in [-0.39, 0.29) is 0 Å². The quantitative estimate of drug-likeness (QED) is 0.568. The summed E-state index contributed by atoms with van der Waals surface area (Å²) < 4.78 is 5.75. The summed E-state index contributed by atoms with van der Waals surface area (Å²) in [5.74, 6) is 0.803. The highest BCUT2D eigenvalue weighted by atomic mass is 35.5. The maximum atomic E-state index is 6.21. The van der Waals surface area contributed by atoms with Gasteiger partial charge in [-0.15, -0.1) is 0 Å². The van der Waals surface area contributed by atoms with Crippen molar-refractivity contribution in [3.05, 3.63) is 28.8 Å². The predicted molar refractivity (Wildman–Crippen MR) is 87.7 cm³/mol. The first-order valence-corrected chi connectivity index (χ1v) is 8.21. The van der Waals surface area contributed by atoms with Gasteiger partial charge >= 0.3 is 0 Å². The van der Waals surface area contributed by atoms with Crippen molar-refractivity contribution in [1.29, 1.82) is 0 Å². The normalized spacial score (nSPS) is 10.8. The predicted octanol–water partition coefficient (Wildman–Crippen LogP) is 5.19. The van der Waals surface area contributed by atoms with Crippen LogP contribution in [0.25, 0.3) is 0 Å². The van der Waals surface area contributed by atoms with Gasteiger partial charge in [0.1, 0.15) is 5.75 Å². The van der Waals surface area contributed by atoms with E-state index in [1.807, 2.05) is 19.2 Å². The highest BCUT2D eigenvalue weighted by Gasteiger charge is 2.02. The number of nitrogens with one attached hydrogen (secondary N) is 1. The molecule has 0 fully saturated rings. The van der Waals surface area contributed by atoms with Crippen LogP contribution >= 0.6 is 11.6 Å². The average Bonchev–Trinajstić information content (AvgIpc) is 2.44. The number of benzene rings is 1. The van der Waals surface area contributed by atoms with Crippen molar-refractivity contribution in [2.45, 2.75) is 58.4 Å². The highest BCUT2D eigenvalue weighted by Crippen LogP contribution is 2.25. The summed E-state index contributed by atoms with van der Waals surface area (Å²) in [6.45, 7) is 3.84. The Bertz CT molecular complexity index is 368. The molecule has 0 aliphatic rings. The van der Waals surface area contributed by atoms with Gasteiger partial charge in [0.15, 0.2) is 0 Å². The number of rotatable bonds is 11. The van der Waals surface area contributed by atoms with Crippen LogP contribution in [0, 0.1) is 0 Å². The topological polar surface area (TPSA) is 21.3 Å². The van der Waals surface area contributed by atoms with E-state index < -0.39 is 0 Å². The molecule has 0 radical (unpaired) electrons. The molecule has 0 saturated carbocycles. The van der Waals surface area contributed by atoms with E-state index in [2.05, 4.69) is 18.3 Å². The lowest BCUT2D eigenvalue weighted by atomic mass is 10.1. The Hall–Kier alpha value is -0.730. The molecule has 0 bridgehead atoms. The molecule has 0 aromatic heterocycles. The monoisotopic (exact) mass is 297 g/mol. The van der Waals surface area contributed by atoms with E-state index >= 15 is 0 Å². The minimum absolute atomic E-state index is 0.709. The van der Waals surface area contributed by atoms with E-state index in [0.717, 1.165) is 25.3 Å². The fraction of sp³-hybridized carbons (Fsp3) is 0.647. The van der Waals surface area contributed by atoms with Crippen LogP contribution in [0.4, 0.5) is 0 Å². The van der Waals surface area contributed by atoms with E-state index in [0.29, 0.717) is 5.02 Å². The molecule has 0 saturated heterocycles. The zero-order valence-electron chi connectivity index (χ0n) is 12.9. The zero-order valence-corrected chi connectivity index (χ0v) is 13.6. The van der Waals surface area contributed by atoms with Crippen molar-refractivity contribution in [2.75, 3.05) is 13.7 Å². The van der Waals surface area contributed by atoms with Crippen LogP contribution in [0.15, 0.2) is 18.2 Å². The second-order valence-corrected chi connectivity index (χ2v) is 5.67. The van der Waals surface area contributed by atoms with Gasteiger partial charge < -0.3 is 10.1 Å². The summed E-state index contributed by atoms with van der Waals surface area (Å²) in [6, 6.07) is 6.00. The molecule has 0 atom stereocenters. The molecule has 1 rings (SSSR count). The van der Waals surface area contributed by atoms with Crippen LogP contribution in [0.2, 0.25) is 5.02 Å². The van der Waals surface area contributed by atoms with Crippen LogP contribution < -0.4 is 10.1 Å². The van der Waals surface area contributed by atoms with E-state index in [9.17, 15) is 0 Å². The summed E-state index contributed by atoms with van der Waals surface area (Å²) >= 11 is 6.21. The van der Waals surface area contributed by atoms with Crippen LogP contribution in [0.1, 0.15) is 57.4 Å². The van der Waals surface area contributed by atoms with Crippen LogP contribution in [0.3, 0.4) is 0 Å². The Labute approximate surface area is 128 Å². The molecule has 1 aromatic rings. The van der Waals surface area contributed by atoms with Gasteiger partial charge in [-0.3, -0.25) is 0 Å². The fourth-order valence-corrected chi connectivity index (χ4v) is 2.47. The molecule has 0 aliphatic heterocycles. The van der Waals surface area contributed by atoms with Crippen molar-refractivity contribution in [1.82, 2.24) is 5.32 Å². The number of unbranched alkanes of at least 4 members (excludes halogenated alkanes) is 6. The number of halogens is 1. The number of hydrogen-bond donors (Lipinski definition) is 1. The van der Waals surface area contributed by atoms with Gasteiger partial charge in [0.25, 0.3) is 0 Å². The van der Waals surface area contributed by atoms with Gasteiger partial charge in [-0.1, -0.05) is 63.1 Å². The van der Waals surface area contributed by atoms with Crippen molar-refractivity contribution in [2.24, 2.45) is 0 Å². The Morgan fingerprint density at radius 3 is 2.40 bits per heavy atom. The van der Waals surface area contributed by atoms with Gasteiger partial charge in [-0.25, -0.2) is 0 Å². The third-order valence-corrected chi connectivity index (χ3v) is 3.68. The average molecular weight is 298 g/mol. The van der Waals surface area contributed by atoms with Crippen LogP contribution in [0.5, 0.6) is 5.75 Å². The molecule has 1 aromatic carbocycles. The number of hydrogen-bond acceptors (Lipinski definition) is 2. The van der Waals surface area contributed by atoms with Crippen LogP contribution in [-0.2, 0) is 6.54 Å². The summed E-state index contributed by atoms with van der Waals surface area (Å²) in [4.78, 5) is 0. The van der Waals surface area contributed by atoms with Gasteiger partial charge in [0.2, 0.25) is 0 Å². The molecular formula is C17H28ClNO. The Morgan fingerprint density at radius 2 is 1.75 bits per heavy atom. The van der Waals surface area contributed by atoms with Gasteiger partial charge in [-0.05, 0) is 31.2 Å². The molecule has 0 heterocycles. The molecule has 0 aliphatic carbocycles. The Kier molecular flexibility index (Phi) is 9.52. The Morgan fingerprint density at radius 1 is 1.05 bits per heavy atom. The second-order valence-electron chi connectivity index (χ2n) is 5.26. The second kappa shape index (κ2) is 11.0. The van der Waals surface area contributed by atoms with Gasteiger partial charge in [0, 0.05) is 6.54 Å².